The second-order valence-corrected chi connectivity index (χ2v) is 3.79. The number of fused-ring (bicyclic) bond motifs is 1. The van der Waals surface area contributed by atoms with Crippen LogP contribution in [0.1, 0.15) is 13.3 Å². The molecule has 1 N–H and O–H groups in total. The molecule has 1 unspecified atom stereocenters. The quantitative estimate of drug-likeness (QED) is 0.828. The van der Waals surface area contributed by atoms with Gasteiger partial charge in [-0.15, -0.1) is 11.5 Å². The van der Waals surface area contributed by atoms with Crippen LogP contribution in [0.2, 0.25) is 5.02 Å². The topological polar surface area (TPSA) is 42.2 Å². The molecule has 5 heteroatoms. The molecule has 0 aliphatic heterocycles. The maximum Gasteiger partial charge on any atom is 0.244 e. The van der Waals surface area contributed by atoms with E-state index in [0.717, 1.165) is 12.1 Å². The number of hydrogen-bond donors (Lipinski definition) is 1. The lowest BCUT2D eigenvalue weighted by Crippen LogP contribution is -2.16. The third kappa shape index (κ3) is 2.10. The molecular formula is C11H11ClN4. The molecule has 1 atom stereocenters. The van der Waals surface area contributed by atoms with Crippen LogP contribution < -0.4 is 5.32 Å². The maximum absolute atomic E-state index is 5.85. The van der Waals surface area contributed by atoms with Crippen molar-refractivity contribution >= 4 is 23.2 Å². The fourth-order valence-electron chi connectivity index (χ4n) is 1.34. The van der Waals surface area contributed by atoms with E-state index in [1.807, 2.05) is 6.92 Å². The molecule has 4 nitrogen and oxygen atoms in total. The van der Waals surface area contributed by atoms with Crippen LogP contribution in [0.5, 0.6) is 0 Å². The lowest BCUT2D eigenvalue weighted by atomic mass is 10.2. The Labute approximate surface area is 98.6 Å². The predicted molar refractivity (Wildman–Crippen MR) is 64.5 cm³/mol. The number of nitrogens with zero attached hydrogens (tertiary/aromatic N) is 3. The zero-order valence-electron chi connectivity index (χ0n) is 8.81. The smallest absolute Gasteiger partial charge is 0.244 e. The molecule has 0 saturated carbocycles. The minimum Gasteiger partial charge on any atom is -0.339 e. The molecule has 0 radical (unpaired) electrons. The van der Waals surface area contributed by atoms with E-state index in [2.05, 4.69) is 21.3 Å². The monoisotopic (exact) mass is 234 g/mol. The van der Waals surface area contributed by atoms with Gasteiger partial charge in [-0.1, -0.05) is 24.4 Å². The second kappa shape index (κ2) is 4.42. The van der Waals surface area contributed by atoms with E-state index in [1.165, 1.54) is 0 Å². The van der Waals surface area contributed by atoms with E-state index < -0.39 is 0 Å². The highest BCUT2D eigenvalue weighted by molar-refractivity contribution is 6.30. The highest BCUT2D eigenvalue weighted by atomic mass is 35.5. The fourth-order valence-corrected chi connectivity index (χ4v) is 1.49. The average Bonchev–Trinajstić information content (AvgIpc) is 2.67. The first-order chi connectivity index (χ1) is 7.72. The summed E-state index contributed by atoms with van der Waals surface area (Å²) in [6.07, 6.45) is 7.88. The summed E-state index contributed by atoms with van der Waals surface area (Å²) in [6.45, 7) is 2.00. The van der Waals surface area contributed by atoms with Crippen molar-refractivity contribution in [1.82, 2.24) is 14.6 Å². The molecule has 0 aliphatic rings. The van der Waals surface area contributed by atoms with Crippen molar-refractivity contribution in [3.63, 3.8) is 0 Å². The number of halogens is 1. The van der Waals surface area contributed by atoms with E-state index in [9.17, 15) is 0 Å². The molecule has 0 saturated heterocycles. The maximum atomic E-state index is 5.85. The Hall–Kier alpha value is -1.73. The molecule has 2 aromatic rings. The van der Waals surface area contributed by atoms with Gasteiger partial charge in [-0.25, -0.2) is 4.52 Å². The van der Waals surface area contributed by atoms with Gasteiger partial charge in [-0.05, 0) is 18.6 Å². The Morgan fingerprint density at radius 1 is 1.62 bits per heavy atom. The molecule has 16 heavy (non-hydrogen) atoms. The Morgan fingerprint density at radius 3 is 3.12 bits per heavy atom. The van der Waals surface area contributed by atoms with E-state index in [0.29, 0.717) is 11.0 Å². The normalized spacial score (nSPS) is 12.3. The van der Waals surface area contributed by atoms with E-state index in [1.54, 1.807) is 22.8 Å². The van der Waals surface area contributed by atoms with E-state index in [-0.39, 0.29) is 6.04 Å². The summed E-state index contributed by atoms with van der Waals surface area (Å²) in [5.41, 5.74) is 0.735. The molecule has 2 heterocycles. The number of aromatic nitrogens is 3. The second-order valence-electron chi connectivity index (χ2n) is 3.36. The zero-order valence-corrected chi connectivity index (χ0v) is 9.57. The Morgan fingerprint density at radius 2 is 2.44 bits per heavy atom. The standard InChI is InChI=1S/C11H11ClN4/c1-3-9(4-2)13-11-14-10-6-5-8(12)7-16(10)15-11/h1,5-7,9H,4H2,2H3,(H,13,15). The van der Waals surface area contributed by atoms with Crippen molar-refractivity contribution in [2.75, 3.05) is 5.32 Å². The average molecular weight is 235 g/mol. The summed E-state index contributed by atoms with van der Waals surface area (Å²) in [5.74, 6) is 3.15. The van der Waals surface area contributed by atoms with Gasteiger partial charge in [0.2, 0.25) is 5.95 Å². The number of hydrogen-bond acceptors (Lipinski definition) is 3. The summed E-state index contributed by atoms with van der Waals surface area (Å²) >= 11 is 5.85. The SMILES string of the molecule is C#CC(CC)Nc1nc2ccc(Cl)cn2n1. The number of terminal acetylenes is 1. The van der Waals surface area contributed by atoms with Crippen LogP contribution in [0, 0.1) is 12.3 Å². The van der Waals surface area contributed by atoms with Crippen LogP contribution in [0.15, 0.2) is 18.3 Å². The first-order valence-corrected chi connectivity index (χ1v) is 5.35. The van der Waals surface area contributed by atoms with Crippen molar-refractivity contribution in [3.8, 4) is 12.3 Å². The van der Waals surface area contributed by atoms with Crippen LogP contribution in [-0.4, -0.2) is 20.6 Å². The summed E-state index contributed by atoms with van der Waals surface area (Å²) in [5, 5.41) is 7.91. The minimum absolute atomic E-state index is 0.0483. The Balaban J connectivity index is 2.30. The largest absolute Gasteiger partial charge is 0.339 e. The molecule has 0 aliphatic carbocycles. The lowest BCUT2D eigenvalue weighted by Gasteiger charge is -2.06. The van der Waals surface area contributed by atoms with Gasteiger partial charge in [0, 0.05) is 6.20 Å². The van der Waals surface area contributed by atoms with Gasteiger partial charge >= 0.3 is 0 Å². The number of pyridine rings is 1. The van der Waals surface area contributed by atoms with Crippen molar-refractivity contribution < 1.29 is 0 Å². The molecule has 2 aromatic heterocycles. The highest BCUT2D eigenvalue weighted by Crippen LogP contribution is 2.12. The summed E-state index contributed by atoms with van der Waals surface area (Å²) < 4.78 is 1.62. The molecule has 0 aromatic carbocycles. The minimum atomic E-state index is -0.0483. The molecule has 82 valence electrons. The third-order valence-electron chi connectivity index (χ3n) is 2.21. The first kappa shape index (κ1) is 10.8. The fraction of sp³-hybridized carbons (Fsp3) is 0.273. The van der Waals surface area contributed by atoms with Gasteiger partial charge < -0.3 is 5.32 Å². The number of anilines is 1. The molecular weight excluding hydrogens is 224 g/mol. The molecule has 0 amide bonds. The van der Waals surface area contributed by atoms with E-state index in [4.69, 9.17) is 18.0 Å². The van der Waals surface area contributed by atoms with Crippen molar-refractivity contribution in [2.45, 2.75) is 19.4 Å². The van der Waals surface area contributed by atoms with Crippen LogP contribution in [0.3, 0.4) is 0 Å². The van der Waals surface area contributed by atoms with Crippen LogP contribution in [0.4, 0.5) is 5.95 Å². The van der Waals surface area contributed by atoms with E-state index >= 15 is 0 Å². The van der Waals surface area contributed by atoms with Crippen molar-refractivity contribution in [3.05, 3.63) is 23.4 Å². The van der Waals surface area contributed by atoms with Crippen LogP contribution in [-0.2, 0) is 0 Å². The van der Waals surface area contributed by atoms with Crippen LogP contribution >= 0.6 is 11.6 Å². The van der Waals surface area contributed by atoms with Gasteiger partial charge in [0.25, 0.3) is 0 Å². The number of rotatable bonds is 3. The summed E-state index contributed by atoms with van der Waals surface area (Å²) in [7, 11) is 0. The number of nitrogens with one attached hydrogen (secondary N) is 1. The van der Waals surface area contributed by atoms with Gasteiger partial charge in [-0.3, -0.25) is 0 Å². The molecule has 0 bridgehead atoms. The molecule has 0 fully saturated rings. The molecule has 2 rings (SSSR count). The summed E-state index contributed by atoms with van der Waals surface area (Å²) in [4.78, 5) is 4.28. The molecule has 0 spiro atoms. The third-order valence-corrected chi connectivity index (χ3v) is 2.43. The summed E-state index contributed by atoms with van der Waals surface area (Å²) in [6, 6.07) is 3.53. The van der Waals surface area contributed by atoms with Crippen molar-refractivity contribution in [2.24, 2.45) is 0 Å². The predicted octanol–water partition coefficient (Wildman–Crippen LogP) is 2.21. The van der Waals surface area contributed by atoms with Crippen molar-refractivity contribution in [1.29, 1.82) is 0 Å². The Bertz CT molecular complexity index is 540. The van der Waals surface area contributed by atoms with Gasteiger partial charge in [0.05, 0.1) is 11.1 Å². The Kier molecular flexibility index (Phi) is 2.97. The lowest BCUT2D eigenvalue weighted by molar-refractivity contribution is 0.836. The highest BCUT2D eigenvalue weighted by Gasteiger charge is 2.07. The zero-order chi connectivity index (χ0) is 11.5. The first-order valence-electron chi connectivity index (χ1n) is 4.97. The van der Waals surface area contributed by atoms with Gasteiger partial charge in [0.1, 0.15) is 0 Å². The van der Waals surface area contributed by atoms with Gasteiger partial charge in [0.15, 0.2) is 5.65 Å². The van der Waals surface area contributed by atoms with Gasteiger partial charge in [-0.2, -0.15) is 4.98 Å². The van der Waals surface area contributed by atoms with Crippen LogP contribution in [0.25, 0.3) is 5.65 Å².